The zero-order valence-electron chi connectivity index (χ0n) is 8.19. The third-order valence-corrected chi connectivity index (χ3v) is 2.41. The van der Waals surface area contributed by atoms with Gasteiger partial charge in [-0.15, -0.1) is 0 Å². The highest BCUT2D eigenvalue weighted by Crippen LogP contribution is 2.07. The van der Waals surface area contributed by atoms with Crippen LogP contribution in [0.15, 0.2) is 4.79 Å². The van der Waals surface area contributed by atoms with Crippen molar-refractivity contribution in [3.63, 3.8) is 0 Å². The quantitative estimate of drug-likeness (QED) is 0.772. The lowest BCUT2D eigenvalue weighted by Gasteiger charge is -1.95. The summed E-state index contributed by atoms with van der Waals surface area (Å²) >= 11 is 5.71. The molecule has 0 saturated heterocycles. The zero-order chi connectivity index (χ0) is 11.9. The molecule has 0 aliphatic rings. The number of fused-ring (bicyclic) bond motifs is 1. The Kier molecular flexibility index (Phi) is 2.39. The van der Waals surface area contributed by atoms with Gasteiger partial charge in [-0.1, -0.05) is 11.6 Å². The molecule has 0 aliphatic heterocycles. The fourth-order valence-electron chi connectivity index (χ4n) is 1.27. The Morgan fingerprint density at radius 1 is 1.56 bits per heavy atom. The highest BCUT2D eigenvalue weighted by Gasteiger charge is 2.12. The first kappa shape index (κ1) is 10.6. The number of aryl methyl sites for hydroxylation is 1. The highest BCUT2D eigenvalue weighted by atomic mass is 35.5. The molecule has 0 spiro atoms. The monoisotopic (exact) mass is 242 g/mol. The molecule has 2 heterocycles. The van der Waals surface area contributed by atoms with Crippen molar-refractivity contribution in [2.75, 3.05) is 0 Å². The van der Waals surface area contributed by atoms with Crippen molar-refractivity contribution in [3.8, 4) is 0 Å². The third kappa shape index (κ3) is 1.65. The molecule has 0 aromatic carbocycles. The van der Waals surface area contributed by atoms with E-state index in [1.807, 2.05) is 0 Å². The minimum Gasteiger partial charge on any atom is -0.481 e. The molecule has 0 amide bonds. The maximum atomic E-state index is 11.6. The Morgan fingerprint density at radius 3 is 2.88 bits per heavy atom. The highest BCUT2D eigenvalue weighted by molar-refractivity contribution is 6.31. The number of hydrogen-bond donors (Lipinski definition) is 2. The second-order valence-corrected chi connectivity index (χ2v) is 3.57. The van der Waals surface area contributed by atoms with Crippen LogP contribution < -0.4 is 5.56 Å². The van der Waals surface area contributed by atoms with E-state index in [1.54, 1.807) is 6.92 Å². The molecular weight excluding hydrogens is 236 g/mol. The maximum Gasteiger partial charge on any atom is 0.311 e. The predicted octanol–water partition coefficient (Wildman–Crippen LogP) is 0.00652. The van der Waals surface area contributed by atoms with Crippen LogP contribution in [-0.4, -0.2) is 30.7 Å². The second kappa shape index (κ2) is 3.60. The van der Waals surface area contributed by atoms with Gasteiger partial charge in [-0.2, -0.15) is 9.50 Å². The summed E-state index contributed by atoms with van der Waals surface area (Å²) in [5, 5.41) is 11.1. The number of halogens is 1. The van der Waals surface area contributed by atoms with Gasteiger partial charge in [-0.05, 0) is 6.92 Å². The molecule has 2 aromatic heterocycles. The summed E-state index contributed by atoms with van der Waals surface area (Å²) in [5.74, 6) is -0.781. The van der Waals surface area contributed by atoms with Gasteiger partial charge in [0.25, 0.3) is 11.3 Å². The first-order chi connectivity index (χ1) is 7.49. The number of carbonyl (C=O) groups is 1. The number of aromatic amines is 1. The van der Waals surface area contributed by atoms with Crippen molar-refractivity contribution < 1.29 is 9.90 Å². The lowest BCUT2D eigenvalue weighted by Crippen LogP contribution is -2.17. The van der Waals surface area contributed by atoms with Crippen molar-refractivity contribution >= 4 is 23.3 Å². The molecule has 7 nitrogen and oxygen atoms in total. The zero-order valence-corrected chi connectivity index (χ0v) is 8.95. The molecule has 0 radical (unpaired) electrons. The van der Waals surface area contributed by atoms with Crippen LogP contribution in [0.25, 0.3) is 5.78 Å². The van der Waals surface area contributed by atoms with Crippen LogP contribution in [0, 0.1) is 6.92 Å². The van der Waals surface area contributed by atoms with E-state index in [1.165, 1.54) is 0 Å². The Labute approximate surface area is 93.7 Å². The van der Waals surface area contributed by atoms with Crippen LogP contribution in [0.3, 0.4) is 0 Å². The molecule has 2 aromatic rings. The second-order valence-electron chi connectivity index (χ2n) is 3.19. The van der Waals surface area contributed by atoms with E-state index >= 15 is 0 Å². The number of carboxylic acid groups (broad SMARTS) is 1. The van der Waals surface area contributed by atoms with Crippen molar-refractivity contribution in [1.82, 2.24) is 19.6 Å². The lowest BCUT2D eigenvalue weighted by atomic mass is 10.4. The van der Waals surface area contributed by atoms with E-state index in [0.717, 1.165) is 4.52 Å². The van der Waals surface area contributed by atoms with Gasteiger partial charge in [0, 0.05) is 0 Å². The Hall–Kier alpha value is -1.89. The molecule has 0 bridgehead atoms. The summed E-state index contributed by atoms with van der Waals surface area (Å²) in [6.07, 6.45) is -0.306. The SMILES string of the molecule is Cc1nc2nc(CC(=O)O)[nH]n2c(=O)c1Cl. The van der Waals surface area contributed by atoms with E-state index in [0.29, 0.717) is 5.69 Å². The Morgan fingerprint density at radius 2 is 2.25 bits per heavy atom. The maximum absolute atomic E-state index is 11.6. The molecule has 0 atom stereocenters. The summed E-state index contributed by atoms with van der Waals surface area (Å²) in [6, 6.07) is 0. The van der Waals surface area contributed by atoms with Gasteiger partial charge in [-0.25, -0.2) is 4.98 Å². The molecule has 0 fully saturated rings. The standard InChI is InChI=1S/C8H7ClN4O3/c1-3-6(9)7(16)13-8(10-3)11-4(12-13)2-5(14)15/h2H2,1H3,(H,14,15)(H,10,11,12). The van der Waals surface area contributed by atoms with Gasteiger partial charge in [0.1, 0.15) is 17.3 Å². The normalized spacial score (nSPS) is 10.9. The molecule has 0 aliphatic carbocycles. The van der Waals surface area contributed by atoms with Crippen molar-refractivity contribution in [2.45, 2.75) is 13.3 Å². The fourth-order valence-corrected chi connectivity index (χ4v) is 1.39. The number of hydrogen-bond acceptors (Lipinski definition) is 4. The number of aliphatic carboxylic acids is 1. The van der Waals surface area contributed by atoms with E-state index in [2.05, 4.69) is 15.1 Å². The van der Waals surface area contributed by atoms with Crippen LogP contribution >= 0.6 is 11.6 Å². The lowest BCUT2D eigenvalue weighted by molar-refractivity contribution is -0.136. The van der Waals surface area contributed by atoms with Gasteiger partial charge in [0.15, 0.2) is 0 Å². The van der Waals surface area contributed by atoms with Gasteiger partial charge in [0.2, 0.25) is 0 Å². The van der Waals surface area contributed by atoms with Crippen molar-refractivity contribution in [2.24, 2.45) is 0 Å². The predicted molar refractivity (Wildman–Crippen MR) is 54.7 cm³/mol. The van der Waals surface area contributed by atoms with Gasteiger partial charge < -0.3 is 5.11 Å². The number of H-pyrrole nitrogens is 1. The molecule has 0 unspecified atom stereocenters. The molecule has 2 N–H and O–H groups in total. The number of nitrogens with zero attached hydrogens (tertiary/aromatic N) is 3. The Balaban J connectivity index is 2.67. The number of rotatable bonds is 2. The first-order valence-corrected chi connectivity index (χ1v) is 4.72. The summed E-state index contributed by atoms with van der Waals surface area (Å²) < 4.78 is 1.02. The summed E-state index contributed by atoms with van der Waals surface area (Å²) in [4.78, 5) is 29.9. The average Bonchev–Trinajstić information content (AvgIpc) is 2.56. The van der Waals surface area contributed by atoms with Crippen LogP contribution in [0.1, 0.15) is 11.5 Å². The van der Waals surface area contributed by atoms with Gasteiger partial charge >= 0.3 is 5.97 Å². The van der Waals surface area contributed by atoms with E-state index in [-0.39, 0.29) is 23.0 Å². The van der Waals surface area contributed by atoms with Crippen LogP contribution in [-0.2, 0) is 11.2 Å². The fraction of sp³-hybridized carbons (Fsp3) is 0.250. The van der Waals surface area contributed by atoms with Crippen molar-refractivity contribution in [3.05, 3.63) is 26.9 Å². The number of carboxylic acids is 1. The summed E-state index contributed by atoms with van der Waals surface area (Å²) in [7, 11) is 0. The first-order valence-electron chi connectivity index (χ1n) is 4.34. The minimum atomic E-state index is -1.05. The van der Waals surface area contributed by atoms with Crippen LogP contribution in [0.2, 0.25) is 5.02 Å². The van der Waals surface area contributed by atoms with E-state index < -0.39 is 11.5 Å². The van der Waals surface area contributed by atoms with Crippen LogP contribution in [0.5, 0.6) is 0 Å². The largest absolute Gasteiger partial charge is 0.481 e. The molecule has 2 rings (SSSR count). The van der Waals surface area contributed by atoms with Crippen LogP contribution in [0.4, 0.5) is 0 Å². The molecule has 16 heavy (non-hydrogen) atoms. The molecule has 8 heteroatoms. The molecular formula is C8H7ClN4O3. The smallest absolute Gasteiger partial charge is 0.311 e. The van der Waals surface area contributed by atoms with Gasteiger partial charge in [0.05, 0.1) is 5.69 Å². The van der Waals surface area contributed by atoms with Crippen molar-refractivity contribution in [1.29, 1.82) is 0 Å². The van der Waals surface area contributed by atoms with E-state index in [4.69, 9.17) is 16.7 Å². The molecule has 0 saturated carbocycles. The van der Waals surface area contributed by atoms with Gasteiger partial charge in [-0.3, -0.25) is 14.7 Å². The topological polar surface area (TPSA) is 100 Å². The number of aromatic nitrogens is 4. The minimum absolute atomic E-state index is 0.0111. The molecule has 84 valence electrons. The van der Waals surface area contributed by atoms with E-state index in [9.17, 15) is 9.59 Å². The average molecular weight is 243 g/mol. The Bertz CT molecular complexity index is 630. The summed E-state index contributed by atoms with van der Waals surface area (Å²) in [5.41, 5.74) is -0.131. The summed E-state index contributed by atoms with van der Waals surface area (Å²) in [6.45, 7) is 1.58. The number of nitrogens with one attached hydrogen (secondary N) is 1. The third-order valence-electron chi connectivity index (χ3n) is 1.97.